The Balaban J connectivity index is 1.60. The first-order chi connectivity index (χ1) is 13.2. The molecule has 1 aliphatic heterocycles. The van der Waals surface area contributed by atoms with E-state index in [4.69, 9.17) is 4.74 Å². The van der Waals surface area contributed by atoms with E-state index in [1.54, 1.807) is 29.2 Å². The van der Waals surface area contributed by atoms with Crippen LogP contribution in [0.3, 0.4) is 0 Å². The standard InChI is InChI=1S/C19H18F3N3O3/c1-12(26)24-15-4-2-13(3-5-15)18(27)25-9-7-16(11-25)28-17-10-14(6-8-23-17)19(20,21)22/h2-6,8,10,16H,7,9,11H2,1H3,(H,24,26)/t16-/m0/s1. The van der Waals surface area contributed by atoms with E-state index < -0.39 is 17.8 Å². The third kappa shape index (κ3) is 4.79. The van der Waals surface area contributed by atoms with Crippen molar-refractivity contribution >= 4 is 17.5 Å². The number of halogens is 3. The smallest absolute Gasteiger partial charge is 0.416 e. The Hall–Kier alpha value is -3.10. The highest BCUT2D eigenvalue weighted by Gasteiger charge is 2.32. The number of pyridine rings is 1. The van der Waals surface area contributed by atoms with Crippen LogP contribution in [0.4, 0.5) is 18.9 Å². The minimum atomic E-state index is -4.47. The molecule has 28 heavy (non-hydrogen) atoms. The fraction of sp³-hybridized carbons (Fsp3) is 0.316. The van der Waals surface area contributed by atoms with E-state index in [1.807, 2.05) is 0 Å². The van der Waals surface area contributed by atoms with Crippen LogP contribution >= 0.6 is 0 Å². The topological polar surface area (TPSA) is 71.5 Å². The number of ether oxygens (including phenoxy) is 1. The first-order valence-corrected chi connectivity index (χ1v) is 8.59. The number of carbonyl (C=O) groups is 2. The van der Waals surface area contributed by atoms with Gasteiger partial charge in [-0.1, -0.05) is 0 Å². The minimum Gasteiger partial charge on any atom is -0.472 e. The molecule has 0 radical (unpaired) electrons. The molecule has 2 aromatic rings. The van der Waals surface area contributed by atoms with Crippen LogP contribution < -0.4 is 10.1 Å². The summed E-state index contributed by atoms with van der Waals surface area (Å²) in [6, 6.07) is 8.20. The molecular formula is C19H18F3N3O3. The molecule has 1 aromatic carbocycles. The second-order valence-electron chi connectivity index (χ2n) is 6.42. The zero-order chi connectivity index (χ0) is 20.3. The average molecular weight is 393 g/mol. The molecule has 148 valence electrons. The number of rotatable bonds is 4. The van der Waals surface area contributed by atoms with Gasteiger partial charge >= 0.3 is 6.18 Å². The Bertz CT molecular complexity index is 869. The number of likely N-dealkylation sites (tertiary alicyclic amines) is 1. The minimum absolute atomic E-state index is 0.117. The Morgan fingerprint density at radius 1 is 1.21 bits per heavy atom. The van der Waals surface area contributed by atoms with Gasteiger partial charge in [-0.3, -0.25) is 9.59 Å². The molecule has 2 amide bonds. The van der Waals surface area contributed by atoms with Crippen molar-refractivity contribution in [1.29, 1.82) is 0 Å². The number of hydrogen-bond acceptors (Lipinski definition) is 4. The monoisotopic (exact) mass is 393 g/mol. The van der Waals surface area contributed by atoms with Gasteiger partial charge in [0.15, 0.2) is 0 Å². The number of benzene rings is 1. The summed E-state index contributed by atoms with van der Waals surface area (Å²) in [6.45, 7) is 2.07. The number of aromatic nitrogens is 1. The largest absolute Gasteiger partial charge is 0.472 e. The maximum absolute atomic E-state index is 12.8. The molecule has 1 saturated heterocycles. The van der Waals surface area contributed by atoms with Gasteiger partial charge in [0.2, 0.25) is 11.8 Å². The predicted molar refractivity (Wildman–Crippen MR) is 94.9 cm³/mol. The number of hydrogen-bond donors (Lipinski definition) is 1. The lowest BCUT2D eigenvalue weighted by Crippen LogP contribution is -2.31. The van der Waals surface area contributed by atoms with E-state index >= 15 is 0 Å². The Morgan fingerprint density at radius 3 is 2.57 bits per heavy atom. The number of nitrogens with zero attached hydrogens (tertiary/aromatic N) is 2. The number of anilines is 1. The molecule has 1 aliphatic rings. The summed E-state index contributed by atoms with van der Waals surface area (Å²) in [5, 5.41) is 2.62. The normalized spacial score (nSPS) is 16.7. The third-order valence-corrected chi connectivity index (χ3v) is 4.23. The quantitative estimate of drug-likeness (QED) is 0.865. The van der Waals surface area contributed by atoms with Crippen LogP contribution in [0.15, 0.2) is 42.6 Å². The molecule has 0 spiro atoms. The van der Waals surface area contributed by atoms with E-state index in [0.717, 1.165) is 18.3 Å². The van der Waals surface area contributed by atoms with Crippen molar-refractivity contribution in [3.63, 3.8) is 0 Å². The molecule has 0 unspecified atom stereocenters. The summed E-state index contributed by atoms with van der Waals surface area (Å²) in [4.78, 5) is 29.0. The molecule has 6 nitrogen and oxygen atoms in total. The Labute approximate surface area is 159 Å². The second-order valence-corrected chi connectivity index (χ2v) is 6.42. The zero-order valence-electron chi connectivity index (χ0n) is 15.0. The fourth-order valence-electron chi connectivity index (χ4n) is 2.91. The highest BCUT2D eigenvalue weighted by molar-refractivity contribution is 5.95. The summed E-state index contributed by atoms with van der Waals surface area (Å²) in [5.41, 5.74) is 0.205. The van der Waals surface area contributed by atoms with Crippen molar-refractivity contribution in [2.24, 2.45) is 0 Å². The van der Waals surface area contributed by atoms with Crippen molar-refractivity contribution in [1.82, 2.24) is 9.88 Å². The van der Waals surface area contributed by atoms with Crippen molar-refractivity contribution < 1.29 is 27.5 Å². The molecule has 1 N–H and O–H groups in total. The summed E-state index contributed by atoms with van der Waals surface area (Å²) in [6.07, 6.45) is -3.36. The van der Waals surface area contributed by atoms with Crippen molar-refractivity contribution in [3.8, 4) is 5.88 Å². The molecule has 0 aliphatic carbocycles. The van der Waals surface area contributed by atoms with Gasteiger partial charge in [0, 0.05) is 43.4 Å². The lowest BCUT2D eigenvalue weighted by Gasteiger charge is -2.17. The maximum atomic E-state index is 12.8. The molecule has 3 rings (SSSR count). The van der Waals surface area contributed by atoms with Gasteiger partial charge in [-0.2, -0.15) is 13.2 Å². The van der Waals surface area contributed by atoms with E-state index in [9.17, 15) is 22.8 Å². The van der Waals surface area contributed by atoms with Gasteiger partial charge < -0.3 is 15.0 Å². The van der Waals surface area contributed by atoms with Crippen LogP contribution in [0.5, 0.6) is 5.88 Å². The van der Waals surface area contributed by atoms with Gasteiger partial charge in [-0.15, -0.1) is 0 Å². The molecule has 0 saturated carbocycles. The predicted octanol–water partition coefficient (Wildman–Crippen LogP) is 3.35. The summed E-state index contributed by atoms with van der Waals surface area (Å²) in [7, 11) is 0. The van der Waals surface area contributed by atoms with Crippen LogP contribution in [0.2, 0.25) is 0 Å². The summed E-state index contributed by atoms with van der Waals surface area (Å²) < 4.78 is 43.9. The first-order valence-electron chi connectivity index (χ1n) is 8.59. The zero-order valence-corrected chi connectivity index (χ0v) is 15.0. The van der Waals surface area contributed by atoms with Crippen LogP contribution in [0.1, 0.15) is 29.3 Å². The molecular weight excluding hydrogens is 375 g/mol. The molecule has 0 bridgehead atoms. The molecule has 2 heterocycles. The average Bonchev–Trinajstić information content (AvgIpc) is 3.09. The number of carbonyl (C=O) groups excluding carboxylic acids is 2. The number of alkyl halides is 3. The fourth-order valence-corrected chi connectivity index (χ4v) is 2.91. The highest BCUT2D eigenvalue weighted by Crippen LogP contribution is 2.31. The van der Waals surface area contributed by atoms with Gasteiger partial charge in [0.25, 0.3) is 5.91 Å². The van der Waals surface area contributed by atoms with E-state index in [0.29, 0.717) is 24.2 Å². The lowest BCUT2D eigenvalue weighted by atomic mass is 10.2. The van der Waals surface area contributed by atoms with Crippen molar-refractivity contribution in [2.75, 3.05) is 18.4 Å². The Kier molecular flexibility index (Phi) is 5.53. The van der Waals surface area contributed by atoms with Gasteiger partial charge in [0.05, 0.1) is 12.1 Å². The first kappa shape index (κ1) is 19.7. The molecule has 1 fully saturated rings. The third-order valence-electron chi connectivity index (χ3n) is 4.23. The van der Waals surface area contributed by atoms with Gasteiger partial charge in [0.1, 0.15) is 6.10 Å². The second kappa shape index (κ2) is 7.87. The summed E-state index contributed by atoms with van der Waals surface area (Å²) >= 11 is 0. The number of amides is 2. The maximum Gasteiger partial charge on any atom is 0.416 e. The van der Waals surface area contributed by atoms with E-state index in [-0.39, 0.29) is 24.2 Å². The van der Waals surface area contributed by atoms with Gasteiger partial charge in [-0.05, 0) is 30.3 Å². The van der Waals surface area contributed by atoms with Crippen LogP contribution in [-0.4, -0.2) is 40.9 Å². The van der Waals surface area contributed by atoms with E-state index in [1.165, 1.54) is 6.92 Å². The number of nitrogens with one attached hydrogen (secondary N) is 1. The van der Waals surface area contributed by atoms with Crippen LogP contribution in [0.25, 0.3) is 0 Å². The molecule has 9 heteroatoms. The van der Waals surface area contributed by atoms with Gasteiger partial charge in [-0.25, -0.2) is 4.98 Å². The molecule has 1 aromatic heterocycles. The SMILES string of the molecule is CC(=O)Nc1ccc(C(=O)N2CC[C@H](Oc3cc(C(F)(F)F)ccn3)C2)cc1. The highest BCUT2D eigenvalue weighted by atomic mass is 19.4. The molecule has 1 atom stereocenters. The van der Waals surface area contributed by atoms with Crippen LogP contribution in [-0.2, 0) is 11.0 Å². The van der Waals surface area contributed by atoms with Crippen LogP contribution in [0, 0.1) is 0 Å². The summed E-state index contributed by atoms with van der Waals surface area (Å²) in [5.74, 6) is -0.534. The van der Waals surface area contributed by atoms with E-state index in [2.05, 4.69) is 10.3 Å². The Morgan fingerprint density at radius 2 is 1.93 bits per heavy atom. The van der Waals surface area contributed by atoms with Crippen molar-refractivity contribution in [3.05, 3.63) is 53.7 Å². The van der Waals surface area contributed by atoms with Crippen molar-refractivity contribution in [2.45, 2.75) is 25.6 Å². The lowest BCUT2D eigenvalue weighted by molar-refractivity contribution is -0.137.